The highest BCUT2D eigenvalue weighted by Gasteiger charge is 2.16. The van der Waals surface area contributed by atoms with Gasteiger partial charge in [0.25, 0.3) is 5.89 Å². The summed E-state index contributed by atoms with van der Waals surface area (Å²) in [6.45, 7) is 1.59. The Morgan fingerprint density at radius 1 is 1.53 bits per heavy atom. The second-order valence-corrected chi connectivity index (χ2v) is 3.16. The Kier molecular flexibility index (Phi) is 2.53. The first-order valence-corrected chi connectivity index (χ1v) is 4.47. The van der Waals surface area contributed by atoms with Crippen molar-refractivity contribution in [3.8, 4) is 11.7 Å². The van der Waals surface area contributed by atoms with Crippen LogP contribution in [0.4, 0.5) is 0 Å². The minimum Gasteiger partial charge on any atom is -0.456 e. The number of aromatic nitrogens is 2. The second-order valence-electron chi connectivity index (χ2n) is 3.16. The van der Waals surface area contributed by atoms with E-state index in [4.69, 9.17) is 19.8 Å². The van der Waals surface area contributed by atoms with E-state index >= 15 is 0 Å². The van der Waals surface area contributed by atoms with Crippen LogP contribution in [0.5, 0.6) is 0 Å². The van der Waals surface area contributed by atoms with Gasteiger partial charge in [-0.05, 0) is 19.1 Å². The first-order valence-electron chi connectivity index (χ1n) is 4.47. The fraction of sp³-hybridized carbons (Fsp3) is 0.333. The number of aryl methyl sites for hydroxylation is 1. The van der Waals surface area contributed by atoms with Crippen molar-refractivity contribution in [3.05, 3.63) is 23.7 Å². The predicted octanol–water partition coefficient (Wildman–Crippen LogP) is 0.630. The molecule has 2 aromatic heterocycles. The summed E-state index contributed by atoms with van der Waals surface area (Å²) >= 11 is 0. The lowest BCUT2D eigenvalue weighted by Crippen LogP contribution is -2.15. The van der Waals surface area contributed by atoms with Gasteiger partial charge in [0.1, 0.15) is 5.76 Å². The number of nitrogens with two attached hydrogens (primary N) is 1. The summed E-state index contributed by atoms with van der Waals surface area (Å²) in [5.41, 5.74) is 5.53. The van der Waals surface area contributed by atoms with Gasteiger partial charge in [0.2, 0.25) is 0 Å². The number of nitrogens with zero attached hydrogens (tertiary/aromatic N) is 2. The highest BCUT2D eigenvalue weighted by molar-refractivity contribution is 5.44. The van der Waals surface area contributed by atoms with Gasteiger partial charge in [0, 0.05) is 0 Å². The maximum absolute atomic E-state index is 8.80. The van der Waals surface area contributed by atoms with Crippen LogP contribution in [0.25, 0.3) is 11.7 Å². The molecule has 80 valence electrons. The van der Waals surface area contributed by atoms with Gasteiger partial charge in [0.15, 0.2) is 11.6 Å². The Bertz CT molecular complexity index is 449. The van der Waals surface area contributed by atoms with Crippen molar-refractivity contribution in [3.63, 3.8) is 0 Å². The smallest absolute Gasteiger partial charge is 0.293 e. The van der Waals surface area contributed by atoms with E-state index in [0.29, 0.717) is 5.76 Å². The van der Waals surface area contributed by atoms with Crippen LogP contribution in [0.2, 0.25) is 0 Å². The Hall–Kier alpha value is -1.66. The number of aliphatic hydroxyl groups excluding tert-OH is 1. The van der Waals surface area contributed by atoms with Gasteiger partial charge in [-0.15, -0.1) is 0 Å². The van der Waals surface area contributed by atoms with E-state index in [2.05, 4.69) is 10.1 Å². The molecular weight excluding hydrogens is 198 g/mol. The minimum absolute atomic E-state index is 0.226. The average Bonchev–Trinajstić information content (AvgIpc) is 2.84. The van der Waals surface area contributed by atoms with E-state index in [1.807, 2.05) is 6.92 Å². The fourth-order valence-corrected chi connectivity index (χ4v) is 1.12. The van der Waals surface area contributed by atoms with Crippen LogP contribution in [-0.4, -0.2) is 21.9 Å². The topological polar surface area (TPSA) is 98.3 Å². The molecule has 0 saturated carbocycles. The minimum atomic E-state index is -0.626. The van der Waals surface area contributed by atoms with Crippen LogP contribution in [0.1, 0.15) is 17.6 Å². The summed E-state index contributed by atoms with van der Waals surface area (Å²) in [5, 5.41) is 12.4. The van der Waals surface area contributed by atoms with Crippen molar-refractivity contribution in [2.45, 2.75) is 13.0 Å². The van der Waals surface area contributed by atoms with Crippen molar-refractivity contribution < 1.29 is 14.0 Å². The first-order chi connectivity index (χ1) is 7.20. The van der Waals surface area contributed by atoms with E-state index in [1.54, 1.807) is 12.1 Å². The fourth-order valence-electron chi connectivity index (χ4n) is 1.12. The van der Waals surface area contributed by atoms with Crippen LogP contribution in [0, 0.1) is 6.92 Å². The monoisotopic (exact) mass is 209 g/mol. The molecule has 0 amide bonds. The predicted molar refractivity (Wildman–Crippen MR) is 50.8 cm³/mol. The summed E-state index contributed by atoms with van der Waals surface area (Å²) in [6, 6.07) is 2.90. The lowest BCUT2D eigenvalue weighted by atomic mass is 10.3. The van der Waals surface area contributed by atoms with Gasteiger partial charge in [0.05, 0.1) is 12.6 Å². The van der Waals surface area contributed by atoms with Crippen LogP contribution in [-0.2, 0) is 0 Å². The largest absolute Gasteiger partial charge is 0.456 e. The normalized spacial score (nSPS) is 13.0. The molecule has 15 heavy (non-hydrogen) atoms. The van der Waals surface area contributed by atoms with E-state index in [1.165, 1.54) is 0 Å². The van der Waals surface area contributed by atoms with Crippen molar-refractivity contribution in [2.24, 2.45) is 5.73 Å². The highest BCUT2D eigenvalue weighted by atomic mass is 16.5. The molecule has 2 aromatic rings. The molecule has 0 aliphatic carbocycles. The molecule has 1 atom stereocenters. The van der Waals surface area contributed by atoms with E-state index in [-0.39, 0.29) is 18.3 Å². The van der Waals surface area contributed by atoms with Crippen molar-refractivity contribution in [2.75, 3.05) is 6.61 Å². The zero-order valence-corrected chi connectivity index (χ0v) is 8.17. The quantitative estimate of drug-likeness (QED) is 0.769. The van der Waals surface area contributed by atoms with Crippen LogP contribution < -0.4 is 5.73 Å². The molecule has 0 saturated heterocycles. The van der Waals surface area contributed by atoms with Crippen molar-refractivity contribution in [1.82, 2.24) is 10.1 Å². The molecule has 2 rings (SSSR count). The standard InChI is InChI=1S/C9H11N3O3/c1-5-2-3-7(14-5)9-11-8(12-15-9)6(10)4-13/h2-3,6,13H,4,10H2,1H3. The molecule has 6 heteroatoms. The summed E-state index contributed by atoms with van der Waals surface area (Å²) < 4.78 is 10.2. The third-order valence-electron chi connectivity index (χ3n) is 1.92. The molecule has 2 heterocycles. The van der Waals surface area contributed by atoms with Crippen molar-refractivity contribution in [1.29, 1.82) is 0 Å². The lowest BCUT2D eigenvalue weighted by Gasteiger charge is -1.98. The van der Waals surface area contributed by atoms with Gasteiger partial charge in [-0.1, -0.05) is 5.16 Å². The van der Waals surface area contributed by atoms with Gasteiger partial charge < -0.3 is 19.8 Å². The molecular formula is C9H11N3O3. The number of aliphatic hydroxyl groups is 1. The van der Waals surface area contributed by atoms with Crippen molar-refractivity contribution >= 4 is 0 Å². The Balaban J connectivity index is 2.27. The third kappa shape index (κ3) is 1.90. The Labute approximate surface area is 85.7 Å². The molecule has 0 radical (unpaired) electrons. The molecule has 6 nitrogen and oxygen atoms in total. The Morgan fingerprint density at radius 3 is 2.93 bits per heavy atom. The van der Waals surface area contributed by atoms with Gasteiger partial charge in [-0.3, -0.25) is 0 Å². The zero-order chi connectivity index (χ0) is 10.8. The van der Waals surface area contributed by atoms with E-state index in [0.717, 1.165) is 5.76 Å². The molecule has 0 spiro atoms. The molecule has 1 unspecified atom stereocenters. The number of hydrogen-bond acceptors (Lipinski definition) is 6. The summed E-state index contributed by atoms with van der Waals surface area (Å²) in [6.07, 6.45) is 0. The van der Waals surface area contributed by atoms with Crippen LogP contribution in [0.3, 0.4) is 0 Å². The molecule has 0 fully saturated rings. The first kappa shape index (κ1) is 9.88. The van der Waals surface area contributed by atoms with Gasteiger partial charge in [-0.25, -0.2) is 0 Å². The molecule has 0 aliphatic heterocycles. The Morgan fingerprint density at radius 2 is 2.33 bits per heavy atom. The number of hydrogen-bond donors (Lipinski definition) is 2. The molecule has 0 aliphatic rings. The zero-order valence-electron chi connectivity index (χ0n) is 8.17. The van der Waals surface area contributed by atoms with Crippen LogP contribution >= 0.6 is 0 Å². The second kappa shape index (κ2) is 3.84. The lowest BCUT2D eigenvalue weighted by molar-refractivity contribution is 0.260. The molecule has 0 aromatic carbocycles. The summed E-state index contributed by atoms with van der Waals surface area (Å²) in [5.74, 6) is 1.79. The van der Waals surface area contributed by atoms with E-state index < -0.39 is 6.04 Å². The average molecular weight is 209 g/mol. The maximum atomic E-state index is 8.80. The SMILES string of the molecule is Cc1ccc(-c2nc(C(N)CO)no2)o1. The molecule has 0 bridgehead atoms. The number of furan rings is 1. The van der Waals surface area contributed by atoms with Crippen LogP contribution in [0.15, 0.2) is 21.1 Å². The maximum Gasteiger partial charge on any atom is 0.293 e. The summed E-state index contributed by atoms with van der Waals surface area (Å²) in [4.78, 5) is 4.01. The number of rotatable bonds is 3. The third-order valence-corrected chi connectivity index (χ3v) is 1.92. The van der Waals surface area contributed by atoms with Gasteiger partial charge >= 0.3 is 0 Å². The van der Waals surface area contributed by atoms with E-state index in [9.17, 15) is 0 Å². The van der Waals surface area contributed by atoms with Gasteiger partial charge in [-0.2, -0.15) is 4.98 Å². The molecule has 3 N–H and O–H groups in total. The highest BCUT2D eigenvalue weighted by Crippen LogP contribution is 2.20. The summed E-state index contributed by atoms with van der Waals surface area (Å²) in [7, 11) is 0.